The Kier molecular flexibility index (Phi) is 8.19. The summed E-state index contributed by atoms with van der Waals surface area (Å²) in [5, 5.41) is 2.85. The molecule has 1 N–H and O–H groups in total. The highest BCUT2D eigenvalue weighted by Crippen LogP contribution is 2.00. The molecule has 0 aliphatic carbocycles. The van der Waals surface area contributed by atoms with E-state index in [1.54, 1.807) is 6.92 Å². The largest absolute Gasteiger partial charge is 0.356 e. The Labute approximate surface area is 86.3 Å². The Bertz CT molecular complexity index is 178. The van der Waals surface area contributed by atoms with Crippen molar-refractivity contribution in [1.82, 2.24) is 5.32 Å². The topological polar surface area (TPSA) is 46.2 Å². The first-order valence-corrected chi connectivity index (χ1v) is 5.43. The molecular weight excluding hydrogens is 178 g/mol. The van der Waals surface area contributed by atoms with E-state index in [4.69, 9.17) is 0 Å². The highest BCUT2D eigenvalue weighted by atomic mass is 16.1. The Morgan fingerprint density at radius 3 is 2.29 bits per heavy atom. The van der Waals surface area contributed by atoms with Gasteiger partial charge in [-0.1, -0.05) is 13.3 Å². The summed E-state index contributed by atoms with van der Waals surface area (Å²) >= 11 is 0. The Balaban J connectivity index is 3.22. The predicted molar refractivity (Wildman–Crippen MR) is 57.1 cm³/mol. The number of nitrogens with one attached hydrogen (secondary N) is 1. The maximum Gasteiger partial charge on any atom is 0.219 e. The van der Waals surface area contributed by atoms with Crippen molar-refractivity contribution in [3.05, 3.63) is 0 Å². The van der Waals surface area contributed by atoms with E-state index in [1.165, 1.54) is 0 Å². The standard InChI is InChI=1S/C11H21NO2/c1-3-4-9-12-11(14)8-6-5-7-10(2)13/h3-9H2,1-2H3,(H,12,14). The summed E-state index contributed by atoms with van der Waals surface area (Å²) in [5.41, 5.74) is 0. The van der Waals surface area contributed by atoms with Crippen LogP contribution in [0.4, 0.5) is 0 Å². The third-order valence-electron chi connectivity index (χ3n) is 2.04. The first-order valence-electron chi connectivity index (χ1n) is 5.43. The van der Waals surface area contributed by atoms with E-state index in [1.807, 2.05) is 0 Å². The van der Waals surface area contributed by atoms with Crippen molar-refractivity contribution < 1.29 is 9.59 Å². The molecule has 0 heterocycles. The molecule has 3 nitrogen and oxygen atoms in total. The molecule has 0 aliphatic heterocycles. The molecule has 0 aromatic heterocycles. The molecule has 3 heteroatoms. The number of Topliss-reactive ketones (excluding diaryl/α,β-unsaturated/α-hetero) is 1. The molecule has 0 bridgehead atoms. The van der Waals surface area contributed by atoms with Gasteiger partial charge in [-0.25, -0.2) is 0 Å². The van der Waals surface area contributed by atoms with E-state index < -0.39 is 0 Å². The monoisotopic (exact) mass is 199 g/mol. The third kappa shape index (κ3) is 9.23. The van der Waals surface area contributed by atoms with Crippen molar-refractivity contribution in [1.29, 1.82) is 0 Å². The van der Waals surface area contributed by atoms with Gasteiger partial charge >= 0.3 is 0 Å². The number of hydrogen-bond acceptors (Lipinski definition) is 2. The van der Waals surface area contributed by atoms with Gasteiger partial charge in [0.1, 0.15) is 5.78 Å². The fourth-order valence-corrected chi connectivity index (χ4v) is 1.15. The molecule has 0 spiro atoms. The van der Waals surface area contributed by atoms with Gasteiger partial charge in [-0.05, 0) is 26.2 Å². The van der Waals surface area contributed by atoms with E-state index in [9.17, 15) is 9.59 Å². The summed E-state index contributed by atoms with van der Waals surface area (Å²) in [6, 6.07) is 0. The predicted octanol–water partition coefficient (Wildman–Crippen LogP) is 2.05. The van der Waals surface area contributed by atoms with Gasteiger partial charge in [0, 0.05) is 19.4 Å². The summed E-state index contributed by atoms with van der Waals surface area (Å²) < 4.78 is 0. The lowest BCUT2D eigenvalue weighted by molar-refractivity contribution is -0.121. The zero-order valence-electron chi connectivity index (χ0n) is 9.27. The first kappa shape index (κ1) is 13.1. The molecular formula is C11H21NO2. The molecule has 0 saturated carbocycles. The van der Waals surface area contributed by atoms with Gasteiger partial charge in [0.2, 0.25) is 5.91 Å². The fourth-order valence-electron chi connectivity index (χ4n) is 1.15. The zero-order chi connectivity index (χ0) is 10.8. The highest BCUT2D eigenvalue weighted by molar-refractivity contribution is 5.76. The molecule has 0 radical (unpaired) electrons. The minimum atomic E-state index is 0.113. The van der Waals surface area contributed by atoms with Crippen LogP contribution in [0.15, 0.2) is 0 Å². The van der Waals surface area contributed by atoms with Crippen LogP contribution in [0.2, 0.25) is 0 Å². The normalized spacial score (nSPS) is 9.86. The molecule has 0 atom stereocenters. The number of amides is 1. The molecule has 14 heavy (non-hydrogen) atoms. The van der Waals surface area contributed by atoms with Crippen LogP contribution in [-0.4, -0.2) is 18.2 Å². The van der Waals surface area contributed by atoms with Gasteiger partial charge in [0.25, 0.3) is 0 Å². The van der Waals surface area contributed by atoms with Crippen molar-refractivity contribution in [3.8, 4) is 0 Å². The Morgan fingerprint density at radius 1 is 1.07 bits per heavy atom. The summed E-state index contributed by atoms with van der Waals surface area (Å²) in [7, 11) is 0. The summed E-state index contributed by atoms with van der Waals surface area (Å²) in [5.74, 6) is 0.318. The van der Waals surface area contributed by atoms with E-state index in [-0.39, 0.29) is 11.7 Å². The molecule has 0 aliphatic rings. The second kappa shape index (κ2) is 8.73. The van der Waals surface area contributed by atoms with Crippen molar-refractivity contribution in [2.45, 2.75) is 52.4 Å². The molecule has 0 fully saturated rings. The fraction of sp³-hybridized carbons (Fsp3) is 0.818. The van der Waals surface area contributed by atoms with Crippen molar-refractivity contribution in [2.75, 3.05) is 6.54 Å². The smallest absolute Gasteiger partial charge is 0.219 e. The van der Waals surface area contributed by atoms with Crippen molar-refractivity contribution >= 4 is 11.7 Å². The quantitative estimate of drug-likeness (QED) is 0.608. The summed E-state index contributed by atoms with van der Waals surface area (Å²) in [6.07, 6.45) is 4.94. The third-order valence-corrected chi connectivity index (χ3v) is 2.04. The van der Waals surface area contributed by atoms with Crippen LogP contribution in [0.5, 0.6) is 0 Å². The van der Waals surface area contributed by atoms with E-state index in [0.717, 1.165) is 32.2 Å². The second-order valence-electron chi connectivity index (χ2n) is 3.61. The SMILES string of the molecule is CCCCNC(=O)CCCCC(C)=O. The van der Waals surface area contributed by atoms with Crippen molar-refractivity contribution in [2.24, 2.45) is 0 Å². The second-order valence-corrected chi connectivity index (χ2v) is 3.61. The molecule has 0 rings (SSSR count). The minimum Gasteiger partial charge on any atom is -0.356 e. The maximum absolute atomic E-state index is 11.2. The van der Waals surface area contributed by atoms with Crippen LogP contribution in [0, 0.1) is 0 Å². The van der Waals surface area contributed by atoms with E-state index >= 15 is 0 Å². The van der Waals surface area contributed by atoms with Crippen LogP contribution in [0.25, 0.3) is 0 Å². The van der Waals surface area contributed by atoms with Gasteiger partial charge in [-0.2, -0.15) is 0 Å². The van der Waals surface area contributed by atoms with Crippen LogP contribution in [0.3, 0.4) is 0 Å². The number of ketones is 1. The Morgan fingerprint density at radius 2 is 1.71 bits per heavy atom. The average Bonchev–Trinajstić information content (AvgIpc) is 2.13. The highest BCUT2D eigenvalue weighted by Gasteiger charge is 2.00. The van der Waals surface area contributed by atoms with E-state index in [0.29, 0.717) is 12.8 Å². The van der Waals surface area contributed by atoms with Gasteiger partial charge in [0.05, 0.1) is 0 Å². The molecule has 82 valence electrons. The van der Waals surface area contributed by atoms with Gasteiger partial charge in [-0.15, -0.1) is 0 Å². The lowest BCUT2D eigenvalue weighted by Gasteiger charge is -2.03. The van der Waals surface area contributed by atoms with Crippen LogP contribution in [-0.2, 0) is 9.59 Å². The van der Waals surface area contributed by atoms with E-state index in [2.05, 4.69) is 12.2 Å². The average molecular weight is 199 g/mol. The number of rotatable bonds is 8. The number of carbonyl (C=O) groups excluding carboxylic acids is 2. The summed E-state index contributed by atoms with van der Waals surface area (Å²) in [4.78, 5) is 21.8. The molecule has 1 amide bonds. The lowest BCUT2D eigenvalue weighted by atomic mass is 10.1. The van der Waals surface area contributed by atoms with Gasteiger partial charge < -0.3 is 10.1 Å². The van der Waals surface area contributed by atoms with Crippen LogP contribution >= 0.6 is 0 Å². The first-order chi connectivity index (χ1) is 6.66. The Hall–Kier alpha value is -0.860. The molecule has 0 unspecified atom stereocenters. The number of hydrogen-bond donors (Lipinski definition) is 1. The van der Waals surface area contributed by atoms with Crippen LogP contribution < -0.4 is 5.32 Å². The number of carbonyl (C=O) groups is 2. The summed E-state index contributed by atoms with van der Waals surface area (Å²) in [6.45, 7) is 4.46. The van der Waals surface area contributed by atoms with Crippen molar-refractivity contribution in [3.63, 3.8) is 0 Å². The minimum absolute atomic E-state index is 0.113. The zero-order valence-corrected chi connectivity index (χ0v) is 9.27. The number of unbranched alkanes of at least 4 members (excludes halogenated alkanes) is 2. The molecule has 0 aromatic rings. The van der Waals surface area contributed by atoms with Gasteiger partial charge in [0.15, 0.2) is 0 Å². The molecule has 0 saturated heterocycles. The maximum atomic E-state index is 11.2. The molecule has 0 aromatic carbocycles. The lowest BCUT2D eigenvalue weighted by Crippen LogP contribution is -2.23. The van der Waals surface area contributed by atoms with Crippen LogP contribution in [0.1, 0.15) is 52.4 Å². The van der Waals surface area contributed by atoms with Gasteiger partial charge in [-0.3, -0.25) is 4.79 Å².